The molecule has 1 saturated heterocycles. The van der Waals surface area contributed by atoms with Gasteiger partial charge >= 0.3 is 0 Å². The number of ether oxygens (including phenoxy) is 2. The second-order valence-corrected chi connectivity index (χ2v) is 10.7. The molecule has 0 radical (unpaired) electrons. The van der Waals surface area contributed by atoms with E-state index in [-0.39, 0.29) is 41.9 Å². The first-order valence-electron chi connectivity index (χ1n) is 13.2. The van der Waals surface area contributed by atoms with Crippen molar-refractivity contribution in [2.45, 2.75) is 82.5 Å². The molecule has 0 unspecified atom stereocenters. The average Bonchev–Trinajstić information content (AvgIpc) is 3.72. The molecule has 3 fully saturated rings. The van der Waals surface area contributed by atoms with Crippen molar-refractivity contribution in [1.29, 1.82) is 0 Å². The molecule has 35 heavy (non-hydrogen) atoms. The van der Waals surface area contributed by atoms with Crippen molar-refractivity contribution in [2.75, 3.05) is 25.5 Å². The number of nitrogens with one attached hydrogen (secondary N) is 2. The third kappa shape index (κ3) is 5.80. The van der Waals surface area contributed by atoms with Gasteiger partial charge in [0.25, 0.3) is 5.91 Å². The van der Waals surface area contributed by atoms with Gasteiger partial charge in [0.2, 0.25) is 11.8 Å². The van der Waals surface area contributed by atoms with Crippen LogP contribution in [0.5, 0.6) is 5.75 Å². The lowest BCUT2D eigenvalue weighted by Crippen LogP contribution is -2.54. The number of benzene rings is 1. The summed E-state index contributed by atoms with van der Waals surface area (Å²) in [6.07, 6.45) is 9.45. The van der Waals surface area contributed by atoms with E-state index in [2.05, 4.69) is 10.6 Å². The summed E-state index contributed by atoms with van der Waals surface area (Å²) < 4.78 is 12.3. The fourth-order valence-electron chi connectivity index (χ4n) is 5.62. The van der Waals surface area contributed by atoms with E-state index in [4.69, 9.17) is 9.47 Å². The van der Waals surface area contributed by atoms with Crippen LogP contribution in [0, 0.1) is 11.8 Å². The first-order valence-corrected chi connectivity index (χ1v) is 13.2. The Labute approximate surface area is 207 Å². The highest BCUT2D eigenvalue weighted by Gasteiger charge is 2.39. The number of likely N-dealkylation sites (N-methyl/N-ethyl adjacent to an activating group) is 1. The first kappa shape index (κ1) is 24.1. The Kier molecular flexibility index (Phi) is 7.27. The van der Waals surface area contributed by atoms with E-state index in [9.17, 15) is 14.4 Å². The van der Waals surface area contributed by atoms with E-state index in [0.29, 0.717) is 35.9 Å². The lowest BCUT2D eigenvalue weighted by Gasteiger charge is -2.42. The molecule has 3 atom stereocenters. The minimum absolute atomic E-state index is 0.00656. The molecule has 2 saturated carbocycles. The van der Waals surface area contributed by atoms with Gasteiger partial charge in [0.1, 0.15) is 18.5 Å². The van der Waals surface area contributed by atoms with Gasteiger partial charge in [-0.05, 0) is 62.6 Å². The van der Waals surface area contributed by atoms with Gasteiger partial charge in [0.15, 0.2) is 0 Å². The standard InChI is InChI=1S/C27H37N3O5/c1-30-22-11-10-20(14-25(31)28-15-17-5-3-2-4-6-17)35-24(22)16-34-23-12-9-19(13-21(23)27(30)33)29-26(32)18-7-8-18/h9,12-13,17-18,20,22,24H,2-8,10-11,14-16H2,1H3,(H,28,31)(H,29,32)/t20-,22+,24-/m1/s1. The summed E-state index contributed by atoms with van der Waals surface area (Å²) in [6, 6.07) is 5.09. The molecule has 3 amide bonds. The molecule has 0 spiro atoms. The van der Waals surface area contributed by atoms with Gasteiger partial charge in [-0.15, -0.1) is 0 Å². The zero-order chi connectivity index (χ0) is 24.4. The van der Waals surface area contributed by atoms with Crippen LogP contribution in [-0.2, 0) is 14.3 Å². The molecule has 4 aliphatic rings. The first-order chi connectivity index (χ1) is 17.0. The van der Waals surface area contributed by atoms with Crippen LogP contribution in [0.15, 0.2) is 18.2 Å². The van der Waals surface area contributed by atoms with Gasteiger partial charge in [0, 0.05) is 25.2 Å². The van der Waals surface area contributed by atoms with Crippen molar-refractivity contribution in [2.24, 2.45) is 11.8 Å². The number of rotatable bonds is 6. The van der Waals surface area contributed by atoms with Crippen LogP contribution in [0.2, 0.25) is 0 Å². The predicted molar refractivity (Wildman–Crippen MR) is 131 cm³/mol. The number of hydrogen-bond donors (Lipinski definition) is 2. The maximum Gasteiger partial charge on any atom is 0.257 e. The second kappa shape index (κ2) is 10.6. The Morgan fingerprint density at radius 3 is 2.63 bits per heavy atom. The van der Waals surface area contributed by atoms with Crippen molar-refractivity contribution in [3.05, 3.63) is 23.8 Å². The van der Waals surface area contributed by atoms with Crippen molar-refractivity contribution >= 4 is 23.4 Å². The Balaban J connectivity index is 1.19. The van der Waals surface area contributed by atoms with E-state index in [1.54, 1.807) is 30.1 Å². The van der Waals surface area contributed by atoms with Crippen LogP contribution >= 0.6 is 0 Å². The smallest absolute Gasteiger partial charge is 0.257 e. The molecule has 1 aromatic carbocycles. The van der Waals surface area contributed by atoms with Gasteiger partial charge in [-0.1, -0.05) is 19.3 Å². The molecule has 8 heteroatoms. The van der Waals surface area contributed by atoms with E-state index in [1.807, 2.05) is 0 Å². The fraction of sp³-hybridized carbons (Fsp3) is 0.667. The van der Waals surface area contributed by atoms with Crippen LogP contribution in [0.3, 0.4) is 0 Å². The monoisotopic (exact) mass is 483 g/mol. The number of nitrogens with zero attached hydrogens (tertiary/aromatic N) is 1. The molecular weight excluding hydrogens is 446 g/mol. The number of carbonyl (C=O) groups excluding carboxylic acids is 3. The molecule has 2 N–H and O–H groups in total. The molecule has 0 bridgehead atoms. The van der Waals surface area contributed by atoms with E-state index < -0.39 is 0 Å². The minimum atomic E-state index is -0.295. The highest BCUT2D eigenvalue weighted by Crippen LogP contribution is 2.34. The quantitative estimate of drug-likeness (QED) is 0.646. The Hall–Kier alpha value is -2.61. The molecule has 5 rings (SSSR count). The SMILES string of the molecule is CN1C(=O)c2cc(NC(=O)C3CC3)ccc2OC[C@H]2O[C@@H](CC(=O)NCC3CCCCC3)CC[C@@H]21. The Morgan fingerprint density at radius 2 is 1.86 bits per heavy atom. The number of carbonyl (C=O) groups is 3. The zero-order valence-corrected chi connectivity index (χ0v) is 20.6. The van der Waals surface area contributed by atoms with Gasteiger partial charge in [-0.3, -0.25) is 14.4 Å². The van der Waals surface area contributed by atoms with Crippen molar-refractivity contribution in [3.63, 3.8) is 0 Å². The number of hydrogen-bond acceptors (Lipinski definition) is 5. The number of anilines is 1. The summed E-state index contributed by atoms with van der Waals surface area (Å²) in [5.74, 6) is 1.08. The molecule has 2 heterocycles. The van der Waals surface area contributed by atoms with E-state index >= 15 is 0 Å². The molecule has 1 aromatic rings. The second-order valence-electron chi connectivity index (χ2n) is 10.7. The van der Waals surface area contributed by atoms with Gasteiger partial charge in [0.05, 0.1) is 24.1 Å². The largest absolute Gasteiger partial charge is 0.490 e. The maximum atomic E-state index is 13.3. The lowest BCUT2D eigenvalue weighted by atomic mass is 9.89. The molecule has 8 nitrogen and oxygen atoms in total. The molecule has 2 aliphatic heterocycles. The molecule has 0 aromatic heterocycles. The minimum Gasteiger partial charge on any atom is -0.490 e. The summed E-state index contributed by atoms with van der Waals surface area (Å²) in [7, 11) is 1.80. The Morgan fingerprint density at radius 1 is 1.06 bits per heavy atom. The normalized spacial score (nSPS) is 27.1. The van der Waals surface area contributed by atoms with Crippen LogP contribution < -0.4 is 15.4 Å². The molecule has 190 valence electrons. The Bertz CT molecular complexity index is 956. The highest BCUT2D eigenvalue weighted by atomic mass is 16.5. The van der Waals surface area contributed by atoms with Crippen LogP contribution in [0.4, 0.5) is 5.69 Å². The van der Waals surface area contributed by atoms with Crippen LogP contribution in [0.1, 0.15) is 74.6 Å². The summed E-state index contributed by atoms with van der Waals surface area (Å²) in [5.41, 5.74) is 1.06. The molecule has 2 aliphatic carbocycles. The van der Waals surface area contributed by atoms with E-state index in [0.717, 1.165) is 32.2 Å². The number of amides is 3. The summed E-state index contributed by atoms with van der Waals surface area (Å²) >= 11 is 0. The maximum absolute atomic E-state index is 13.3. The summed E-state index contributed by atoms with van der Waals surface area (Å²) in [4.78, 5) is 39.8. The average molecular weight is 484 g/mol. The van der Waals surface area contributed by atoms with Gasteiger partial charge in [-0.2, -0.15) is 0 Å². The van der Waals surface area contributed by atoms with Gasteiger partial charge < -0.3 is 25.0 Å². The summed E-state index contributed by atoms with van der Waals surface area (Å²) in [6.45, 7) is 1.07. The summed E-state index contributed by atoms with van der Waals surface area (Å²) in [5, 5.41) is 6.02. The third-order valence-electron chi connectivity index (χ3n) is 7.95. The predicted octanol–water partition coefficient (Wildman–Crippen LogP) is 3.50. The van der Waals surface area contributed by atoms with Crippen molar-refractivity contribution in [3.8, 4) is 5.75 Å². The highest BCUT2D eigenvalue weighted by molar-refractivity contribution is 6.00. The fourth-order valence-corrected chi connectivity index (χ4v) is 5.62. The van der Waals surface area contributed by atoms with Crippen LogP contribution in [0.25, 0.3) is 0 Å². The van der Waals surface area contributed by atoms with Crippen molar-refractivity contribution < 1.29 is 23.9 Å². The third-order valence-corrected chi connectivity index (χ3v) is 7.95. The number of fused-ring (bicyclic) bond motifs is 2. The van der Waals surface area contributed by atoms with E-state index in [1.165, 1.54) is 32.1 Å². The topological polar surface area (TPSA) is 97.0 Å². The zero-order valence-electron chi connectivity index (χ0n) is 20.6. The van der Waals surface area contributed by atoms with Crippen molar-refractivity contribution in [1.82, 2.24) is 10.2 Å². The van der Waals surface area contributed by atoms with Gasteiger partial charge in [-0.25, -0.2) is 0 Å². The van der Waals surface area contributed by atoms with Crippen LogP contribution in [-0.4, -0.2) is 61.1 Å². The molecular formula is C27H37N3O5. The lowest BCUT2D eigenvalue weighted by molar-refractivity contribution is -0.134.